The average Bonchev–Trinajstić information content (AvgIpc) is 3.11. The first-order chi connectivity index (χ1) is 15.5. The number of esters is 1. The van der Waals surface area contributed by atoms with Gasteiger partial charge < -0.3 is 23.5 Å². The Morgan fingerprint density at radius 1 is 1.16 bits per heavy atom. The Balaban J connectivity index is 1.63. The number of aromatic nitrogens is 1. The van der Waals surface area contributed by atoms with Crippen molar-refractivity contribution in [3.8, 4) is 17.2 Å². The van der Waals surface area contributed by atoms with Crippen molar-refractivity contribution in [1.29, 1.82) is 0 Å². The molecule has 10 heteroatoms. The third-order valence-electron chi connectivity index (χ3n) is 4.59. The van der Waals surface area contributed by atoms with Gasteiger partial charge in [0, 0.05) is 23.7 Å². The highest BCUT2D eigenvalue weighted by Crippen LogP contribution is 2.35. The summed E-state index contributed by atoms with van der Waals surface area (Å²) in [6.07, 6.45) is 0.150. The molecule has 1 amide bonds. The van der Waals surface area contributed by atoms with Crippen LogP contribution in [-0.4, -0.2) is 42.9 Å². The molecule has 4 rings (SSSR count). The molecule has 0 spiro atoms. The topological polar surface area (TPSA) is 88.4 Å². The molecule has 0 aliphatic carbocycles. The van der Waals surface area contributed by atoms with Crippen LogP contribution in [0.1, 0.15) is 13.3 Å². The largest absolute Gasteiger partial charge is 0.486 e. The van der Waals surface area contributed by atoms with Crippen molar-refractivity contribution in [1.82, 2.24) is 4.57 Å². The molecular formula is C22H21ClN2O6S. The van der Waals surface area contributed by atoms with Crippen molar-refractivity contribution in [2.75, 3.05) is 26.4 Å². The first-order valence-corrected chi connectivity index (χ1v) is 11.3. The maximum absolute atomic E-state index is 12.5. The summed E-state index contributed by atoms with van der Waals surface area (Å²) in [5.41, 5.74) is 0.800. The van der Waals surface area contributed by atoms with Crippen LogP contribution < -0.4 is 19.0 Å². The van der Waals surface area contributed by atoms with Crippen LogP contribution in [-0.2, 0) is 20.9 Å². The highest BCUT2D eigenvalue weighted by Gasteiger charge is 2.17. The molecule has 0 fully saturated rings. The van der Waals surface area contributed by atoms with Crippen LogP contribution in [0.3, 0.4) is 0 Å². The zero-order valence-electron chi connectivity index (χ0n) is 17.3. The molecule has 0 saturated carbocycles. The number of aryl methyl sites for hydroxylation is 1. The highest BCUT2D eigenvalue weighted by atomic mass is 35.5. The molecule has 1 aliphatic heterocycles. The zero-order chi connectivity index (χ0) is 22.5. The number of hydrogen-bond donors (Lipinski definition) is 0. The van der Waals surface area contributed by atoms with Crippen LogP contribution in [0.2, 0.25) is 5.02 Å². The molecule has 1 aliphatic rings. The van der Waals surface area contributed by atoms with Crippen LogP contribution in [0.15, 0.2) is 41.4 Å². The fourth-order valence-electron chi connectivity index (χ4n) is 3.16. The van der Waals surface area contributed by atoms with Crippen LogP contribution in [0.25, 0.3) is 10.2 Å². The van der Waals surface area contributed by atoms with Gasteiger partial charge in [-0.15, -0.1) is 0 Å². The number of thiazole rings is 1. The lowest BCUT2D eigenvalue weighted by Crippen LogP contribution is -2.21. The Morgan fingerprint density at radius 3 is 2.59 bits per heavy atom. The van der Waals surface area contributed by atoms with E-state index < -0.39 is 5.91 Å². The summed E-state index contributed by atoms with van der Waals surface area (Å²) in [5, 5.41) is 0.580. The molecule has 0 unspecified atom stereocenters. The van der Waals surface area contributed by atoms with Crippen LogP contribution in [0.5, 0.6) is 17.2 Å². The SMILES string of the molecule is CCOC(=O)CCn1c(=NC(=O)COc2ccc(Cl)cc2)sc2cc3c(cc21)OCCO3. The van der Waals surface area contributed by atoms with Gasteiger partial charge in [-0.3, -0.25) is 9.59 Å². The Kier molecular flexibility index (Phi) is 6.96. The minimum atomic E-state index is -0.450. The quantitative estimate of drug-likeness (QED) is 0.484. The first kappa shape index (κ1) is 22.2. The monoisotopic (exact) mass is 476 g/mol. The lowest BCUT2D eigenvalue weighted by atomic mass is 10.2. The van der Waals surface area contributed by atoms with Crippen LogP contribution >= 0.6 is 22.9 Å². The smallest absolute Gasteiger partial charge is 0.307 e. The number of benzene rings is 2. The van der Waals surface area contributed by atoms with Gasteiger partial charge in [0.05, 0.1) is 23.2 Å². The summed E-state index contributed by atoms with van der Waals surface area (Å²) in [7, 11) is 0. The summed E-state index contributed by atoms with van der Waals surface area (Å²) in [6.45, 7) is 3.09. The Morgan fingerprint density at radius 2 is 1.88 bits per heavy atom. The van der Waals surface area contributed by atoms with E-state index in [0.29, 0.717) is 53.4 Å². The second-order valence-corrected chi connectivity index (χ2v) is 8.25. The van der Waals surface area contributed by atoms with Gasteiger partial charge in [0.1, 0.15) is 19.0 Å². The van der Waals surface area contributed by atoms with E-state index in [1.807, 2.05) is 16.7 Å². The van der Waals surface area contributed by atoms with Crippen LogP contribution in [0, 0.1) is 0 Å². The standard InChI is InChI=1S/C22H21ClN2O6S/c1-2-28-21(27)7-8-25-16-11-17-18(30-10-9-29-17)12-19(16)32-22(25)24-20(26)13-31-15-5-3-14(23)4-6-15/h3-6,11-12H,2,7-10,13H2,1H3. The molecule has 0 radical (unpaired) electrons. The Bertz CT molecular complexity index is 1200. The van der Waals surface area contributed by atoms with Gasteiger partial charge >= 0.3 is 5.97 Å². The minimum absolute atomic E-state index is 0.150. The average molecular weight is 477 g/mol. The zero-order valence-corrected chi connectivity index (χ0v) is 18.9. The predicted octanol–water partition coefficient (Wildman–Crippen LogP) is 3.59. The predicted molar refractivity (Wildman–Crippen MR) is 120 cm³/mol. The number of ether oxygens (including phenoxy) is 4. The van der Waals surface area contributed by atoms with E-state index in [9.17, 15) is 9.59 Å². The molecule has 3 aromatic rings. The number of fused-ring (bicyclic) bond motifs is 2. The number of carbonyl (C=O) groups is 2. The molecule has 32 heavy (non-hydrogen) atoms. The van der Waals surface area contributed by atoms with Crippen molar-refractivity contribution < 1.29 is 28.5 Å². The van der Waals surface area contributed by atoms with Gasteiger partial charge in [-0.1, -0.05) is 22.9 Å². The number of nitrogens with zero attached hydrogens (tertiary/aromatic N) is 2. The van der Waals surface area contributed by atoms with Gasteiger partial charge in [-0.05, 0) is 31.2 Å². The number of rotatable bonds is 7. The van der Waals surface area contributed by atoms with Crippen molar-refractivity contribution >= 4 is 45.0 Å². The molecule has 0 atom stereocenters. The number of carbonyl (C=O) groups excluding carboxylic acids is 2. The minimum Gasteiger partial charge on any atom is -0.486 e. The van der Waals surface area contributed by atoms with Gasteiger partial charge in [0.15, 0.2) is 22.9 Å². The Hall–Kier alpha value is -3.04. The van der Waals surface area contributed by atoms with Gasteiger partial charge in [0.2, 0.25) is 0 Å². The molecule has 2 aromatic carbocycles. The highest BCUT2D eigenvalue weighted by molar-refractivity contribution is 7.16. The lowest BCUT2D eigenvalue weighted by molar-refractivity contribution is -0.143. The van der Waals surface area contributed by atoms with E-state index in [-0.39, 0.29) is 19.0 Å². The lowest BCUT2D eigenvalue weighted by Gasteiger charge is -2.18. The fourth-order valence-corrected chi connectivity index (χ4v) is 4.37. The normalized spacial score (nSPS) is 13.2. The molecule has 0 saturated heterocycles. The molecule has 2 heterocycles. The second-order valence-electron chi connectivity index (χ2n) is 6.80. The Labute approximate surface area is 192 Å². The third-order valence-corrected chi connectivity index (χ3v) is 5.88. The van der Waals surface area contributed by atoms with E-state index in [1.54, 1.807) is 31.2 Å². The molecule has 168 valence electrons. The number of amides is 1. The van der Waals surface area contributed by atoms with Gasteiger partial charge in [-0.25, -0.2) is 0 Å². The van der Waals surface area contributed by atoms with Gasteiger partial charge in [0.25, 0.3) is 5.91 Å². The molecule has 0 bridgehead atoms. The van der Waals surface area contributed by atoms with E-state index in [2.05, 4.69) is 4.99 Å². The second kappa shape index (κ2) is 10.1. The van der Waals surface area contributed by atoms with Crippen LogP contribution in [0.4, 0.5) is 0 Å². The van der Waals surface area contributed by atoms with E-state index >= 15 is 0 Å². The van der Waals surface area contributed by atoms with Crippen molar-refractivity contribution in [3.63, 3.8) is 0 Å². The summed E-state index contributed by atoms with van der Waals surface area (Å²) < 4.78 is 24.6. The summed E-state index contributed by atoms with van der Waals surface area (Å²) >= 11 is 7.19. The van der Waals surface area contributed by atoms with E-state index in [1.165, 1.54) is 11.3 Å². The van der Waals surface area contributed by atoms with Crippen molar-refractivity contribution in [3.05, 3.63) is 46.2 Å². The molecule has 8 nitrogen and oxygen atoms in total. The van der Waals surface area contributed by atoms with Gasteiger partial charge in [-0.2, -0.15) is 4.99 Å². The number of hydrogen-bond acceptors (Lipinski definition) is 7. The fraction of sp³-hybridized carbons (Fsp3) is 0.318. The molecular weight excluding hydrogens is 456 g/mol. The van der Waals surface area contributed by atoms with Crippen molar-refractivity contribution in [2.24, 2.45) is 4.99 Å². The first-order valence-electron chi connectivity index (χ1n) is 10.1. The summed E-state index contributed by atoms with van der Waals surface area (Å²) in [5.74, 6) is 1.02. The maximum Gasteiger partial charge on any atom is 0.307 e. The van der Waals surface area contributed by atoms with E-state index in [0.717, 1.165) is 10.2 Å². The number of halogens is 1. The van der Waals surface area contributed by atoms with Crippen molar-refractivity contribution in [2.45, 2.75) is 19.9 Å². The molecule has 0 N–H and O–H groups in total. The summed E-state index contributed by atoms with van der Waals surface area (Å²) in [6, 6.07) is 10.4. The molecule has 1 aromatic heterocycles. The third kappa shape index (κ3) is 5.23. The van der Waals surface area contributed by atoms with E-state index in [4.69, 9.17) is 30.5 Å². The summed E-state index contributed by atoms with van der Waals surface area (Å²) in [4.78, 5) is 29.1. The maximum atomic E-state index is 12.5.